The zero-order valence-corrected chi connectivity index (χ0v) is 14.0. The third-order valence-corrected chi connectivity index (χ3v) is 6.40. The molecule has 2 bridgehead atoms. The van der Waals surface area contributed by atoms with Crippen LogP contribution in [0.2, 0.25) is 0 Å². The molecule has 122 valence electrons. The van der Waals surface area contributed by atoms with Crippen molar-refractivity contribution in [3.8, 4) is 5.75 Å². The fraction of sp³-hybridized carbons (Fsp3) is 0.625. The number of benzene rings is 1. The van der Waals surface area contributed by atoms with Crippen LogP contribution in [0, 0.1) is 5.92 Å². The van der Waals surface area contributed by atoms with Crippen LogP contribution in [0.15, 0.2) is 24.3 Å². The van der Waals surface area contributed by atoms with Gasteiger partial charge in [0.1, 0.15) is 11.4 Å². The van der Waals surface area contributed by atoms with E-state index in [1.165, 1.54) is 33.4 Å². The summed E-state index contributed by atoms with van der Waals surface area (Å²) in [6.45, 7) is 0. The quantitative estimate of drug-likeness (QED) is 0.906. The molecule has 0 radical (unpaired) electrons. The van der Waals surface area contributed by atoms with Gasteiger partial charge in [0, 0.05) is 14.1 Å². The van der Waals surface area contributed by atoms with Gasteiger partial charge in [-0.3, -0.25) is 4.72 Å². The third kappa shape index (κ3) is 3.22. The highest BCUT2D eigenvalue weighted by Crippen LogP contribution is 2.46. The highest BCUT2D eigenvalue weighted by Gasteiger charge is 2.42. The molecular formula is C16H24N2O3S. The van der Waals surface area contributed by atoms with E-state index in [4.69, 9.17) is 4.74 Å². The van der Waals surface area contributed by atoms with Crippen LogP contribution in [0.25, 0.3) is 0 Å². The Balaban J connectivity index is 1.67. The lowest BCUT2D eigenvalue weighted by Crippen LogP contribution is -2.44. The van der Waals surface area contributed by atoms with Crippen LogP contribution in [0.5, 0.6) is 5.75 Å². The molecule has 3 fully saturated rings. The van der Waals surface area contributed by atoms with E-state index in [0.29, 0.717) is 5.69 Å². The minimum Gasteiger partial charge on any atom is -0.487 e. The largest absolute Gasteiger partial charge is 0.487 e. The van der Waals surface area contributed by atoms with E-state index in [0.717, 1.165) is 35.2 Å². The maximum Gasteiger partial charge on any atom is 0.301 e. The van der Waals surface area contributed by atoms with E-state index in [2.05, 4.69) is 4.72 Å². The van der Waals surface area contributed by atoms with Gasteiger partial charge in [0.2, 0.25) is 0 Å². The Hall–Kier alpha value is -1.27. The van der Waals surface area contributed by atoms with Crippen molar-refractivity contribution < 1.29 is 13.2 Å². The van der Waals surface area contributed by atoms with E-state index >= 15 is 0 Å². The number of nitrogens with one attached hydrogen (secondary N) is 1. The number of hydrogen-bond donors (Lipinski definition) is 1. The van der Waals surface area contributed by atoms with Gasteiger partial charge < -0.3 is 4.74 Å². The summed E-state index contributed by atoms with van der Waals surface area (Å²) in [6.07, 6.45) is 7.27. The second-order valence-electron chi connectivity index (χ2n) is 6.68. The van der Waals surface area contributed by atoms with Crippen LogP contribution in [-0.4, -0.2) is 32.4 Å². The number of ether oxygens (including phenoxy) is 1. The number of fused-ring (bicyclic) bond motifs is 3. The highest BCUT2D eigenvalue weighted by molar-refractivity contribution is 7.90. The van der Waals surface area contributed by atoms with Crippen molar-refractivity contribution in [2.24, 2.45) is 5.92 Å². The van der Waals surface area contributed by atoms with Crippen LogP contribution in [-0.2, 0) is 10.2 Å². The molecule has 1 aromatic rings. The Morgan fingerprint density at radius 2 is 1.64 bits per heavy atom. The molecule has 22 heavy (non-hydrogen) atoms. The van der Waals surface area contributed by atoms with Crippen LogP contribution >= 0.6 is 0 Å². The van der Waals surface area contributed by atoms with Gasteiger partial charge in [-0.1, -0.05) is 0 Å². The molecule has 3 aliphatic rings. The first-order valence-electron chi connectivity index (χ1n) is 7.88. The number of nitrogens with zero attached hydrogens (tertiary/aromatic N) is 1. The standard InChI is InChI=1S/C16H24N2O3S/c1-18(2)22(19,20)17-14-3-5-15(6-4-14)21-16-10-7-13(8-11-16)9-12-16/h3-6,13,17H,7-12H2,1-2H3. The summed E-state index contributed by atoms with van der Waals surface area (Å²) in [5.74, 6) is 1.74. The summed E-state index contributed by atoms with van der Waals surface area (Å²) >= 11 is 0. The Kier molecular flexibility index (Phi) is 4.07. The van der Waals surface area contributed by atoms with Gasteiger partial charge in [0.05, 0.1) is 5.69 Å². The second-order valence-corrected chi connectivity index (χ2v) is 8.57. The summed E-state index contributed by atoms with van der Waals surface area (Å²) in [4.78, 5) is 0. The first-order valence-corrected chi connectivity index (χ1v) is 9.32. The van der Waals surface area contributed by atoms with E-state index in [-0.39, 0.29) is 5.60 Å². The van der Waals surface area contributed by atoms with E-state index in [1.807, 2.05) is 12.1 Å². The van der Waals surface area contributed by atoms with Gasteiger partial charge in [-0.05, 0) is 68.7 Å². The molecule has 0 unspecified atom stereocenters. The van der Waals surface area contributed by atoms with E-state index < -0.39 is 10.2 Å². The van der Waals surface area contributed by atoms with Crippen molar-refractivity contribution in [3.05, 3.63) is 24.3 Å². The number of anilines is 1. The molecule has 5 nitrogen and oxygen atoms in total. The summed E-state index contributed by atoms with van der Waals surface area (Å²) < 4.78 is 33.5. The average molecular weight is 324 g/mol. The van der Waals surface area contributed by atoms with Gasteiger partial charge in [0.15, 0.2) is 0 Å². The predicted octanol–water partition coefficient (Wildman–Crippen LogP) is 3.01. The van der Waals surface area contributed by atoms with Crippen LogP contribution in [0.1, 0.15) is 38.5 Å². The molecule has 0 amide bonds. The maximum atomic E-state index is 11.8. The second kappa shape index (κ2) is 5.74. The highest BCUT2D eigenvalue weighted by atomic mass is 32.2. The van der Waals surface area contributed by atoms with Gasteiger partial charge in [0.25, 0.3) is 0 Å². The van der Waals surface area contributed by atoms with Gasteiger partial charge in [-0.15, -0.1) is 0 Å². The summed E-state index contributed by atoms with van der Waals surface area (Å²) in [5.41, 5.74) is 0.560. The summed E-state index contributed by atoms with van der Waals surface area (Å²) in [7, 11) is -0.462. The first-order chi connectivity index (χ1) is 10.4. The lowest BCUT2D eigenvalue weighted by Gasteiger charge is -2.46. The molecule has 0 spiro atoms. The van der Waals surface area contributed by atoms with Crippen LogP contribution < -0.4 is 9.46 Å². The molecule has 0 aromatic heterocycles. The molecule has 1 N–H and O–H groups in total. The van der Waals surface area contributed by atoms with Gasteiger partial charge in [-0.25, -0.2) is 0 Å². The van der Waals surface area contributed by atoms with E-state index in [1.54, 1.807) is 12.1 Å². The first kappa shape index (κ1) is 15.6. The van der Waals surface area contributed by atoms with Crippen molar-refractivity contribution in [3.63, 3.8) is 0 Å². The summed E-state index contributed by atoms with van der Waals surface area (Å²) in [6, 6.07) is 7.20. The Morgan fingerprint density at radius 1 is 1.09 bits per heavy atom. The van der Waals surface area contributed by atoms with Crippen molar-refractivity contribution in [2.45, 2.75) is 44.1 Å². The Morgan fingerprint density at radius 3 is 2.14 bits per heavy atom. The fourth-order valence-electron chi connectivity index (χ4n) is 3.44. The minimum atomic E-state index is -3.46. The average Bonchev–Trinajstić information content (AvgIpc) is 2.50. The molecule has 1 aromatic carbocycles. The van der Waals surface area contributed by atoms with Crippen molar-refractivity contribution in [1.29, 1.82) is 0 Å². The maximum absolute atomic E-state index is 11.8. The number of rotatable bonds is 5. The molecule has 3 saturated carbocycles. The van der Waals surface area contributed by atoms with E-state index in [9.17, 15) is 8.42 Å². The molecule has 0 aliphatic heterocycles. The predicted molar refractivity (Wildman–Crippen MR) is 87.2 cm³/mol. The van der Waals surface area contributed by atoms with Crippen molar-refractivity contribution >= 4 is 15.9 Å². The SMILES string of the molecule is CN(C)S(=O)(=O)Nc1ccc(OC23CCC(CC2)CC3)cc1. The van der Waals surface area contributed by atoms with Gasteiger partial charge in [-0.2, -0.15) is 12.7 Å². The lowest BCUT2D eigenvalue weighted by molar-refractivity contribution is -0.0323. The third-order valence-electron chi connectivity index (χ3n) is 4.94. The van der Waals surface area contributed by atoms with Crippen molar-refractivity contribution in [1.82, 2.24) is 4.31 Å². The fourth-order valence-corrected chi connectivity index (χ4v) is 4.06. The zero-order chi connectivity index (χ0) is 15.8. The van der Waals surface area contributed by atoms with Crippen LogP contribution in [0.4, 0.5) is 5.69 Å². The molecule has 0 heterocycles. The molecular weight excluding hydrogens is 300 g/mol. The topological polar surface area (TPSA) is 58.6 Å². The van der Waals surface area contributed by atoms with Crippen LogP contribution in [0.3, 0.4) is 0 Å². The Labute approximate surface area is 132 Å². The molecule has 0 atom stereocenters. The van der Waals surface area contributed by atoms with Crippen molar-refractivity contribution in [2.75, 3.05) is 18.8 Å². The molecule has 6 heteroatoms. The smallest absolute Gasteiger partial charge is 0.301 e. The molecule has 0 saturated heterocycles. The monoisotopic (exact) mass is 324 g/mol. The molecule has 4 rings (SSSR count). The normalized spacial score (nSPS) is 27.9. The molecule has 3 aliphatic carbocycles. The Bertz CT molecular complexity index is 604. The zero-order valence-electron chi connectivity index (χ0n) is 13.2. The minimum absolute atomic E-state index is 0.0133. The van der Waals surface area contributed by atoms with Gasteiger partial charge >= 0.3 is 10.2 Å². The summed E-state index contributed by atoms with van der Waals surface area (Å²) in [5, 5.41) is 0. The number of hydrogen-bond acceptors (Lipinski definition) is 3. The lowest BCUT2D eigenvalue weighted by atomic mass is 9.68.